The van der Waals surface area contributed by atoms with Gasteiger partial charge in [0.25, 0.3) is 0 Å². The fourth-order valence-electron chi connectivity index (χ4n) is 2.55. The van der Waals surface area contributed by atoms with Gasteiger partial charge in [0.05, 0.1) is 0 Å². The SMILES string of the molecule is CCCN(CC1CCCCN1)c1nccn1C. The number of nitrogens with zero attached hydrogens (tertiary/aromatic N) is 3. The first-order valence-corrected chi connectivity index (χ1v) is 6.77. The Hall–Kier alpha value is -1.03. The average molecular weight is 236 g/mol. The van der Waals surface area contributed by atoms with E-state index in [1.165, 1.54) is 32.2 Å². The van der Waals surface area contributed by atoms with Crippen LogP contribution in [0.25, 0.3) is 0 Å². The molecule has 1 atom stereocenters. The zero-order valence-corrected chi connectivity index (χ0v) is 11.0. The first kappa shape index (κ1) is 12.4. The van der Waals surface area contributed by atoms with Crippen LogP contribution in [0.15, 0.2) is 12.4 Å². The van der Waals surface area contributed by atoms with Gasteiger partial charge in [-0.25, -0.2) is 4.98 Å². The fourth-order valence-corrected chi connectivity index (χ4v) is 2.55. The highest BCUT2D eigenvalue weighted by Gasteiger charge is 2.18. The molecule has 1 fully saturated rings. The van der Waals surface area contributed by atoms with Crippen molar-refractivity contribution in [2.75, 3.05) is 24.5 Å². The van der Waals surface area contributed by atoms with Crippen molar-refractivity contribution < 1.29 is 0 Å². The van der Waals surface area contributed by atoms with Crippen molar-refractivity contribution in [1.82, 2.24) is 14.9 Å². The molecule has 1 N–H and O–H groups in total. The molecule has 1 aromatic rings. The van der Waals surface area contributed by atoms with E-state index >= 15 is 0 Å². The zero-order valence-electron chi connectivity index (χ0n) is 11.0. The van der Waals surface area contributed by atoms with E-state index in [1.807, 2.05) is 12.4 Å². The molecule has 96 valence electrons. The van der Waals surface area contributed by atoms with Crippen LogP contribution in [0.5, 0.6) is 0 Å². The molecule has 4 heteroatoms. The van der Waals surface area contributed by atoms with Crippen LogP contribution in [0, 0.1) is 0 Å². The van der Waals surface area contributed by atoms with E-state index < -0.39 is 0 Å². The number of hydrogen-bond donors (Lipinski definition) is 1. The second-order valence-corrected chi connectivity index (χ2v) is 4.93. The monoisotopic (exact) mass is 236 g/mol. The molecule has 0 aliphatic carbocycles. The maximum absolute atomic E-state index is 4.46. The van der Waals surface area contributed by atoms with Gasteiger partial charge < -0.3 is 14.8 Å². The Bertz CT molecular complexity index is 328. The third-order valence-electron chi connectivity index (χ3n) is 3.43. The lowest BCUT2D eigenvalue weighted by Gasteiger charge is -2.31. The van der Waals surface area contributed by atoms with E-state index in [-0.39, 0.29) is 0 Å². The first-order chi connectivity index (χ1) is 8.31. The van der Waals surface area contributed by atoms with Crippen LogP contribution >= 0.6 is 0 Å². The molecule has 0 aromatic carbocycles. The number of anilines is 1. The molecule has 2 heterocycles. The summed E-state index contributed by atoms with van der Waals surface area (Å²) < 4.78 is 2.11. The third-order valence-corrected chi connectivity index (χ3v) is 3.43. The van der Waals surface area contributed by atoms with Crippen LogP contribution < -0.4 is 10.2 Å². The molecule has 1 aliphatic rings. The molecule has 2 rings (SSSR count). The predicted octanol–water partition coefficient (Wildman–Crippen LogP) is 1.78. The lowest BCUT2D eigenvalue weighted by atomic mass is 10.0. The Kier molecular flexibility index (Phi) is 4.42. The van der Waals surface area contributed by atoms with Crippen molar-refractivity contribution in [3.8, 4) is 0 Å². The van der Waals surface area contributed by atoms with E-state index in [0.29, 0.717) is 6.04 Å². The van der Waals surface area contributed by atoms with Gasteiger partial charge in [-0.1, -0.05) is 13.3 Å². The van der Waals surface area contributed by atoms with Crippen LogP contribution in [0.1, 0.15) is 32.6 Å². The second-order valence-electron chi connectivity index (χ2n) is 4.93. The zero-order chi connectivity index (χ0) is 12.1. The molecule has 1 saturated heterocycles. The Morgan fingerprint density at radius 3 is 3.00 bits per heavy atom. The van der Waals surface area contributed by atoms with Gasteiger partial charge in [-0.2, -0.15) is 0 Å². The summed E-state index contributed by atoms with van der Waals surface area (Å²) in [7, 11) is 2.07. The number of aromatic nitrogens is 2. The lowest BCUT2D eigenvalue weighted by Crippen LogP contribution is -2.44. The maximum atomic E-state index is 4.46. The largest absolute Gasteiger partial charge is 0.341 e. The molecular formula is C13H24N4. The molecule has 0 spiro atoms. The van der Waals surface area contributed by atoms with Gasteiger partial charge in [0.2, 0.25) is 5.95 Å². The number of imidazole rings is 1. The molecule has 1 aliphatic heterocycles. The molecule has 4 nitrogen and oxygen atoms in total. The number of nitrogens with one attached hydrogen (secondary N) is 1. The topological polar surface area (TPSA) is 33.1 Å². The first-order valence-electron chi connectivity index (χ1n) is 6.77. The van der Waals surface area contributed by atoms with Crippen LogP contribution in [-0.2, 0) is 7.05 Å². The summed E-state index contributed by atoms with van der Waals surface area (Å²) in [4.78, 5) is 6.87. The van der Waals surface area contributed by atoms with E-state index in [1.54, 1.807) is 0 Å². The van der Waals surface area contributed by atoms with Gasteiger partial charge in [0.1, 0.15) is 0 Å². The summed E-state index contributed by atoms with van der Waals surface area (Å²) in [5.41, 5.74) is 0. The van der Waals surface area contributed by atoms with Gasteiger partial charge in [0, 0.05) is 38.6 Å². The normalized spacial score (nSPS) is 20.5. The quantitative estimate of drug-likeness (QED) is 0.846. The predicted molar refractivity (Wildman–Crippen MR) is 71.4 cm³/mol. The molecule has 0 saturated carbocycles. The summed E-state index contributed by atoms with van der Waals surface area (Å²) >= 11 is 0. The smallest absolute Gasteiger partial charge is 0.205 e. The van der Waals surface area contributed by atoms with Gasteiger partial charge >= 0.3 is 0 Å². The molecule has 1 aromatic heterocycles. The van der Waals surface area contributed by atoms with E-state index in [0.717, 1.165) is 19.0 Å². The Morgan fingerprint density at radius 1 is 1.53 bits per heavy atom. The summed E-state index contributed by atoms with van der Waals surface area (Å²) in [6, 6.07) is 0.631. The number of aryl methyl sites for hydroxylation is 1. The Balaban J connectivity index is 1.99. The Morgan fingerprint density at radius 2 is 2.41 bits per heavy atom. The number of rotatable bonds is 5. The molecule has 17 heavy (non-hydrogen) atoms. The van der Waals surface area contributed by atoms with Crippen molar-refractivity contribution >= 4 is 5.95 Å². The fraction of sp³-hybridized carbons (Fsp3) is 0.769. The standard InChI is InChI=1S/C13H24N4/c1-3-9-17(13-15-8-10-16(13)2)11-12-6-4-5-7-14-12/h8,10,12,14H,3-7,9,11H2,1-2H3. The lowest BCUT2D eigenvalue weighted by molar-refractivity contribution is 0.397. The van der Waals surface area contributed by atoms with E-state index in [4.69, 9.17) is 0 Å². The van der Waals surface area contributed by atoms with Crippen LogP contribution in [0.2, 0.25) is 0 Å². The highest BCUT2D eigenvalue weighted by atomic mass is 15.3. The van der Waals surface area contributed by atoms with Gasteiger partial charge in [0.15, 0.2) is 0 Å². The minimum absolute atomic E-state index is 0.631. The van der Waals surface area contributed by atoms with Crippen LogP contribution in [-0.4, -0.2) is 35.2 Å². The van der Waals surface area contributed by atoms with Crippen molar-refractivity contribution in [2.24, 2.45) is 7.05 Å². The number of piperidine rings is 1. The highest BCUT2D eigenvalue weighted by Crippen LogP contribution is 2.14. The maximum Gasteiger partial charge on any atom is 0.205 e. The van der Waals surface area contributed by atoms with Gasteiger partial charge in [-0.15, -0.1) is 0 Å². The average Bonchev–Trinajstić information content (AvgIpc) is 2.76. The number of hydrogen-bond acceptors (Lipinski definition) is 3. The van der Waals surface area contributed by atoms with Crippen LogP contribution in [0.3, 0.4) is 0 Å². The van der Waals surface area contributed by atoms with Crippen molar-refractivity contribution in [1.29, 1.82) is 0 Å². The minimum atomic E-state index is 0.631. The summed E-state index contributed by atoms with van der Waals surface area (Å²) in [5.74, 6) is 1.10. The van der Waals surface area contributed by atoms with Gasteiger partial charge in [-0.3, -0.25) is 0 Å². The van der Waals surface area contributed by atoms with Crippen molar-refractivity contribution in [3.63, 3.8) is 0 Å². The highest BCUT2D eigenvalue weighted by molar-refractivity contribution is 5.31. The summed E-state index contributed by atoms with van der Waals surface area (Å²) in [6.07, 6.45) is 9.05. The van der Waals surface area contributed by atoms with Gasteiger partial charge in [-0.05, 0) is 25.8 Å². The minimum Gasteiger partial charge on any atom is -0.341 e. The summed E-state index contributed by atoms with van der Waals surface area (Å²) in [6.45, 7) is 5.57. The third kappa shape index (κ3) is 3.22. The van der Waals surface area contributed by atoms with E-state index in [2.05, 4.69) is 33.7 Å². The van der Waals surface area contributed by atoms with E-state index in [9.17, 15) is 0 Å². The van der Waals surface area contributed by atoms with Crippen molar-refractivity contribution in [3.05, 3.63) is 12.4 Å². The molecule has 0 amide bonds. The van der Waals surface area contributed by atoms with Crippen LogP contribution in [0.4, 0.5) is 5.95 Å². The molecule has 0 radical (unpaired) electrons. The Labute approximate surface area is 104 Å². The molecule has 0 bridgehead atoms. The second kappa shape index (κ2) is 6.05. The van der Waals surface area contributed by atoms with Crippen molar-refractivity contribution in [2.45, 2.75) is 38.6 Å². The molecular weight excluding hydrogens is 212 g/mol. The molecule has 1 unspecified atom stereocenters. The summed E-state index contributed by atoms with van der Waals surface area (Å²) in [5, 5.41) is 3.61.